The van der Waals surface area contributed by atoms with Gasteiger partial charge in [-0.3, -0.25) is 9.59 Å². The molecular weight excluding hydrogens is 306 g/mol. The molecule has 1 aromatic heterocycles. The van der Waals surface area contributed by atoms with Crippen molar-refractivity contribution in [1.29, 1.82) is 0 Å². The third-order valence-corrected chi connectivity index (χ3v) is 3.46. The highest BCUT2D eigenvalue weighted by Crippen LogP contribution is 2.25. The highest BCUT2D eigenvalue weighted by atomic mass is 35.5. The van der Waals surface area contributed by atoms with Gasteiger partial charge in [-0.1, -0.05) is 28.9 Å². The highest BCUT2D eigenvalue weighted by Gasteiger charge is 2.36. The van der Waals surface area contributed by atoms with E-state index < -0.39 is 17.2 Å². The predicted octanol–water partition coefficient (Wildman–Crippen LogP) is 3.24. The van der Waals surface area contributed by atoms with Crippen LogP contribution in [0.3, 0.4) is 0 Å². The summed E-state index contributed by atoms with van der Waals surface area (Å²) in [5.74, 6) is -0.140. The van der Waals surface area contributed by atoms with Crippen molar-refractivity contribution in [2.75, 3.05) is 10.6 Å². The lowest BCUT2D eigenvalue weighted by atomic mass is 9.91. The van der Waals surface area contributed by atoms with Crippen LogP contribution >= 0.6 is 11.6 Å². The standard InChI is InChI=1S/C15H16ClN3O3/c1-9-8-12(19-22-9)18-14(21)15(2,3)13(20)17-11-7-5-4-6-10(11)16/h4-8H,1-3H3,(H,17,20)(H,18,19,21). The summed E-state index contributed by atoms with van der Waals surface area (Å²) < 4.78 is 4.87. The fourth-order valence-corrected chi connectivity index (χ4v) is 1.83. The number of anilines is 2. The molecule has 0 aliphatic carbocycles. The minimum absolute atomic E-state index is 0.265. The molecule has 2 rings (SSSR count). The summed E-state index contributed by atoms with van der Waals surface area (Å²) in [5.41, 5.74) is -0.862. The third kappa shape index (κ3) is 3.46. The molecule has 2 N–H and O–H groups in total. The van der Waals surface area contributed by atoms with Gasteiger partial charge in [0, 0.05) is 6.07 Å². The van der Waals surface area contributed by atoms with Crippen molar-refractivity contribution in [3.63, 3.8) is 0 Å². The molecule has 2 aromatic rings. The van der Waals surface area contributed by atoms with Crippen molar-refractivity contribution >= 4 is 34.9 Å². The molecule has 0 saturated carbocycles. The number of nitrogens with one attached hydrogen (secondary N) is 2. The molecule has 0 atom stereocenters. The summed E-state index contributed by atoms with van der Waals surface area (Å²) >= 11 is 5.99. The lowest BCUT2D eigenvalue weighted by molar-refractivity contribution is -0.135. The van der Waals surface area contributed by atoms with Crippen LogP contribution in [0.4, 0.5) is 11.5 Å². The molecule has 116 valence electrons. The average molecular weight is 322 g/mol. The van der Waals surface area contributed by atoms with Crippen LogP contribution in [0.25, 0.3) is 0 Å². The maximum Gasteiger partial charge on any atom is 0.240 e. The summed E-state index contributed by atoms with van der Waals surface area (Å²) in [6.45, 7) is 4.74. The maximum atomic E-state index is 12.3. The number of carbonyl (C=O) groups excluding carboxylic acids is 2. The van der Waals surface area contributed by atoms with Gasteiger partial charge in [-0.2, -0.15) is 0 Å². The number of halogens is 1. The van der Waals surface area contributed by atoms with Crippen molar-refractivity contribution in [2.45, 2.75) is 20.8 Å². The number of aryl methyl sites for hydroxylation is 1. The summed E-state index contributed by atoms with van der Waals surface area (Å²) in [5, 5.41) is 9.26. The second kappa shape index (κ2) is 6.19. The van der Waals surface area contributed by atoms with E-state index >= 15 is 0 Å². The number of nitrogens with zero attached hydrogens (tertiary/aromatic N) is 1. The Labute approximate surface area is 132 Å². The van der Waals surface area contributed by atoms with Crippen molar-refractivity contribution < 1.29 is 14.1 Å². The van der Waals surface area contributed by atoms with E-state index in [0.717, 1.165) is 0 Å². The van der Waals surface area contributed by atoms with Gasteiger partial charge < -0.3 is 15.2 Å². The lowest BCUT2D eigenvalue weighted by Crippen LogP contribution is -2.41. The number of benzene rings is 1. The lowest BCUT2D eigenvalue weighted by Gasteiger charge is -2.22. The second-order valence-electron chi connectivity index (χ2n) is 5.34. The van der Waals surface area contributed by atoms with Crippen molar-refractivity contribution in [1.82, 2.24) is 5.16 Å². The van der Waals surface area contributed by atoms with E-state index in [1.165, 1.54) is 13.8 Å². The Bertz CT molecular complexity index is 710. The zero-order valence-corrected chi connectivity index (χ0v) is 13.2. The SMILES string of the molecule is Cc1cc(NC(=O)C(C)(C)C(=O)Nc2ccccc2Cl)no1. The maximum absolute atomic E-state index is 12.3. The van der Waals surface area contributed by atoms with E-state index in [-0.39, 0.29) is 5.82 Å². The Morgan fingerprint density at radius 3 is 2.41 bits per heavy atom. The Morgan fingerprint density at radius 2 is 1.82 bits per heavy atom. The first kappa shape index (κ1) is 16.0. The molecule has 6 nitrogen and oxygen atoms in total. The molecule has 0 bridgehead atoms. The number of hydrogen-bond acceptors (Lipinski definition) is 4. The minimum Gasteiger partial charge on any atom is -0.360 e. The van der Waals surface area contributed by atoms with E-state index in [1.54, 1.807) is 37.3 Å². The van der Waals surface area contributed by atoms with Gasteiger partial charge in [0.05, 0.1) is 10.7 Å². The zero-order valence-electron chi connectivity index (χ0n) is 12.4. The summed E-state index contributed by atoms with van der Waals surface area (Å²) in [6.07, 6.45) is 0. The van der Waals surface area contributed by atoms with Gasteiger partial charge in [0.2, 0.25) is 11.8 Å². The zero-order chi connectivity index (χ0) is 16.3. The molecule has 0 aliphatic heterocycles. The normalized spacial score (nSPS) is 11.1. The van der Waals surface area contributed by atoms with E-state index in [9.17, 15) is 9.59 Å². The molecule has 0 spiro atoms. The monoisotopic (exact) mass is 321 g/mol. The van der Waals surface area contributed by atoms with Crippen LogP contribution in [0.1, 0.15) is 19.6 Å². The Morgan fingerprint density at radius 1 is 1.18 bits per heavy atom. The summed E-state index contributed by atoms with van der Waals surface area (Å²) in [6, 6.07) is 8.38. The van der Waals surface area contributed by atoms with Gasteiger partial charge in [-0.15, -0.1) is 0 Å². The topological polar surface area (TPSA) is 84.2 Å². The molecular formula is C15H16ClN3O3. The van der Waals surface area contributed by atoms with Crippen molar-refractivity contribution in [2.24, 2.45) is 5.41 Å². The van der Waals surface area contributed by atoms with Gasteiger partial charge in [-0.05, 0) is 32.9 Å². The van der Waals surface area contributed by atoms with Crippen LogP contribution in [0.2, 0.25) is 5.02 Å². The fraction of sp³-hybridized carbons (Fsp3) is 0.267. The molecule has 22 heavy (non-hydrogen) atoms. The molecule has 1 aromatic carbocycles. The van der Waals surface area contributed by atoms with E-state index in [0.29, 0.717) is 16.5 Å². The molecule has 0 radical (unpaired) electrons. The number of amides is 2. The van der Waals surface area contributed by atoms with Gasteiger partial charge in [0.25, 0.3) is 0 Å². The Kier molecular flexibility index (Phi) is 4.51. The largest absolute Gasteiger partial charge is 0.360 e. The first-order chi connectivity index (χ1) is 10.3. The van der Waals surface area contributed by atoms with Crippen LogP contribution in [-0.2, 0) is 9.59 Å². The number of para-hydroxylation sites is 1. The first-order valence-electron chi connectivity index (χ1n) is 6.61. The van der Waals surface area contributed by atoms with Crippen LogP contribution in [0.15, 0.2) is 34.9 Å². The summed E-state index contributed by atoms with van der Waals surface area (Å²) in [4.78, 5) is 24.6. The van der Waals surface area contributed by atoms with Crippen LogP contribution < -0.4 is 10.6 Å². The number of aromatic nitrogens is 1. The third-order valence-electron chi connectivity index (χ3n) is 3.13. The van der Waals surface area contributed by atoms with Crippen molar-refractivity contribution in [3.8, 4) is 0 Å². The van der Waals surface area contributed by atoms with Crippen molar-refractivity contribution in [3.05, 3.63) is 41.1 Å². The van der Waals surface area contributed by atoms with Crippen LogP contribution in [0.5, 0.6) is 0 Å². The number of hydrogen-bond donors (Lipinski definition) is 2. The Hall–Kier alpha value is -2.34. The average Bonchev–Trinajstić information content (AvgIpc) is 2.86. The molecule has 7 heteroatoms. The first-order valence-corrected chi connectivity index (χ1v) is 6.99. The molecule has 0 saturated heterocycles. The predicted molar refractivity (Wildman–Crippen MR) is 83.7 cm³/mol. The van der Waals surface area contributed by atoms with Gasteiger partial charge >= 0.3 is 0 Å². The molecule has 0 fully saturated rings. The molecule has 0 unspecified atom stereocenters. The molecule has 2 amide bonds. The highest BCUT2D eigenvalue weighted by molar-refractivity contribution is 6.34. The Balaban J connectivity index is 2.09. The van der Waals surface area contributed by atoms with Gasteiger partial charge in [0.1, 0.15) is 11.2 Å². The fourth-order valence-electron chi connectivity index (χ4n) is 1.64. The summed E-state index contributed by atoms with van der Waals surface area (Å²) in [7, 11) is 0. The van der Waals surface area contributed by atoms with E-state index in [4.69, 9.17) is 16.1 Å². The number of rotatable bonds is 4. The van der Waals surface area contributed by atoms with E-state index in [2.05, 4.69) is 15.8 Å². The van der Waals surface area contributed by atoms with Gasteiger partial charge in [-0.25, -0.2) is 0 Å². The van der Waals surface area contributed by atoms with Crippen LogP contribution in [0, 0.1) is 12.3 Å². The van der Waals surface area contributed by atoms with Gasteiger partial charge in [0.15, 0.2) is 5.82 Å². The molecule has 0 aliphatic rings. The van der Waals surface area contributed by atoms with Crippen LogP contribution in [-0.4, -0.2) is 17.0 Å². The minimum atomic E-state index is -1.31. The quantitative estimate of drug-likeness (QED) is 0.847. The number of carbonyl (C=O) groups is 2. The molecule has 1 heterocycles. The smallest absolute Gasteiger partial charge is 0.240 e. The van der Waals surface area contributed by atoms with E-state index in [1.807, 2.05) is 0 Å². The second-order valence-corrected chi connectivity index (χ2v) is 5.74.